The maximum atomic E-state index is 7.07. The van der Waals surface area contributed by atoms with Crippen molar-refractivity contribution in [3.05, 3.63) is 144 Å². The van der Waals surface area contributed by atoms with Crippen molar-refractivity contribution in [2.24, 2.45) is 0 Å². The van der Waals surface area contributed by atoms with Crippen molar-refractivity contribution in [3.8, 4) is 28.7 Å². The van der Waals surface area contributed by atoms with Gasteiger partial charge in [0.25, 0.3) is 0 Å². The molecular weight excluding hydrogens is 881 g/mol. The molecule has 5 aromatic rings. The van der Waals surface area contributed by atoms with E-state index < -0.39 is 0 Å². The van der Waals surface area contributed by atoms with Gasteiger partial charge in [-0.25, -0.2) is 0 Å². The SMILES string of the molecule is COc1c2cc(C(C)(C)C)cc1Cc1cc(C(C)(C)C)cc3c1OCCOCCOCCOc1c(cc(C(C)(C)C)cc1Cc1cc(C(C)(C)C)cc(c1OC)C3)Cc1cc(C(C)(C)C)cc(c1OC)C2. The number of rotatable bonds is 3. The van der Waals surface area contributed by atoms with Crippen LogP contribution in [0.25, 0.3) is 0 Å². The molecule has 384 valence electrons. The van der Waals surface area contributed by atoms with Gasteiger partial charge in [-0.1, -0.05) is 165 Å². The zero-order valence-electron chi connectivity index (χ0n) is 46.9. The molecule has 1 aliphatic heterocycles. The molecule has 0 aromatic heterocycles. The molecule has 0 fully saturated rings. The zero-order chi connectivity index (χ0) is 51.8. The molecule has 7 rings (SSSR count). The highest BCUT2D eigenvalue weighted by molar-refractivity contribution is 5.60. The highest BCUT2D eigenvalue weighted by atomic mass is 16.6. The van der Waals surface area contributed by atoms with Crippen LogP contribution in [0.5, 0.6) is 28.7 Å². The van der Waals surface area contributed by atoms with Crippen LogP contribution in [0.3, 0.4) is 0 Å². The first-order chi connectivity index (χ1) is 33.2. The lowest BCUT2D eigenvalue weighted by Gasteiger charge is -2.29. The van der Waals surface area contributed by atoms with Gasteiger partial charge in [-0.2, -0.15) is 0 Å². The van der Waals surface area contributed by atoms with Crippen LogP contribution in [0.4, 0.5) is 0 Å². The summed E-state index contributed by atoms with van der Waals surface area (Å²) >= 11 is 0. The van der Waals surface area contributed by atoms with Crippen molar-refractivity contribution in [2.75, 3.05) is 61.0 Å². The predicted octanol–water partition coefficient (Wildman–Crippen LogP) is 14.3. The molecule has 0 radical (unpaired) electrons. The fourth-order valence-electron chi connectivity index (χ4n) is 10.2. The van der Waals surface area contributed by atoms with Crippen molar-refractivity contribution >= 4 is 0 Å². The second-order valence-electron chi connectivity index (χ2n) is 25.3. The van der Waals surface area contributed by atoms with Gasteiger partial charge in [0.05, 0.1) is 47.8 Å². The van der Waals surface area contributed by atoms with Crippen LogP contribution >= 0.6 is 0 Å². The van der Waals surface area contributed by atoms with E-state index >= 15 is 0 Å². The number of fused-ring (bicyclic) bond motifs is 4. The Morgan fingerprint density at radius 2 is 0.465 bits per heavy atom. The summed E-state index contributed by atoms with van der Waals surface area (Å²) in [6.45, 7) is 37.0. The molecule has 71 heavy (non-hydrogen) atoms. The summed E-state index contributed by atoms with van der Waals surface area (Å²) in [7, 11) is 5.46. The Kier molecular flexibility index (Phi) is 15.8. The molecule has 0 unspecified atom stereocenters. The molecule has 0 spiro atoms. The van der Waals surface area contributed by atoms with E-state index in [4.69, 9.17) is 33.2 Å². The van der Waals surface area contributed by atoms with Crippen LogP contribution in [0.2, 0.25) is 0 Å². The maximum absolute atomic E-state index is 7.07. The first-order valence-electron chi connectivity index (χ1n) is 26.0. The van der Waals surface area contributed by atoms with Gasteiger partial charge >= 0.3 is 0 Å². The van der Waals surface area contributed by atoms with Gasteiger partial charge in [-0.15, -0.1) is 0 Å². The molecule has 2 aliphatic rings. The molecule has 0 amide bonds. The van der Waals surface area contributed by atoms with Gasteiger partial charge in [0, 0.05) is 32.1 Å². The van der Waals surface area contributed by atoms with Gasteiger partial charge < -0.3 is 33.2 Å². The summed E-state index contributed by atoms with van der Waals surface area (Å²) in [4.78, 5) is 0. The minimum Gasteiger partial charge on any atom is -0.496 e. The Morgan fingerprint density at radius 1 is 0.282 bits per heavy atom. The smallest absolute Gasteiger partial charge is 0.126 e. The minimum absolute atomic E-state index is 0.146. The van der Waals surface area contributed by atoms with Crippen molar-refractivity contribution in [2.45, 2.75) is 163 Å². The van der Waals surface area contributed by atoms with Crippen LogP contribution < -0.4 is 23.7 Å². The Balaban J connectivity index is 1.68. The third-order valence-corrected chi connectivity index (χ3v) is 14.4. The van der Waals surface area contributed by atoms with Crippen molar-refractivity contribution in [3.63, 3.8) is 0 Å². The van der Waals surface area contributed by atoms with E-state index in [0.717, 1.165) is 84.4 Å². The molecule has 0 atom stereocenters. The molecule has 5 aromatic carbocycles. The number of methoxy groups -OCH3 is 3. The number of hydrogen-bond acceptors (Lipinski definition) is 7. The van der Waals surface area contributed by atoms with E-state index in [1.54, 1.807) is 0 Å². The van der Waals surface area contributed by atoms with E-state index in [1.165, 1.54) is 27.8 Å². The maximum Gasteiger partial charge on any atom is 0.126 e. The second kappa shape index (κ2) is 20.9. The van der Waals surface area contributed by atoms with E-state index in [1.807, 2.05) is 21.3 Å². The molecule has 0 saturated carbocycles. The van der Waals surface area contributed by atoms with Gasteiger partial charge in [0.15, 0.2) is 0 Å². The monoisotopic (exact) mass is 967 g/mol. The molecule has 0 N–H and O–H groups in total. The Labute approximate surface area is 428 Å². The van der Waals surface area contributed by atoms with Crippen molar-refractivity contribution in [1.29, 1.82) is 0 Å². The predicted molar refractivity (Wildman–Crippen MR) is 292 cm³/mol. The van der Waals surface area contributed by atoms with E-state index in [2.05, 4.69) is 165 Å². The normalized spacial score (nSPS) is 15.5. The topological polar surface area (TPSA) is 64.6 Å². The quantitative estimate of drug-likeness (QED) is 0.175. The lowest BCUT2D eigenvalue weighted by Crippen LogP contribution is -2.17. The number of hydrogen-bond donors (Lipinski definition) is 0. The lowest BCUT2D eigenvalue weighted by atomic mass is 9.79. The first kappa shape index (κ1) is 53.8. The summed E-state index contributed by atoms with van der Waals surface area (Å²) in [5, 5.41) is 0. The highest BCUT2D eigenvalue weighted by Crippen LogP contribution is 2.45. The van der Waals surface area contributed by atoms with Crippen LogP contribution in [0.1, 0.15) is 187 Å². The summed E-state index contributed by atoms with van der Waals surface area (Å²) in [6.07, 6.45) is 3.03. The average Bonchev–Trinajstić information content (AvgIpc) is 3.25. The molecule has 1 aliphatic carbocycles. The summed E-state index contributed by atoms with van der Waals surface area (Å²) in [5.74, 6) is 4.40. The largest absolute Gasteiger partial charge is 0.496 e. The van der Waals surface area contributed by atoms with Gasteiger partial charge in [0.2, 0.25) is 0 Å². The standard InChI is InChI=1S/C64H86O7/c1-60(2,3)50-30-40-25-41-31-51(61(4,5)6)33-43(56(41)66-17)27-47-37-54(64(13,14)15)39-49-29-45-35-52(62(7,8)9)34-44(57(45)67-18)28-48-38-53(63(10,11)12)36-46(26-42(32-50)55(40)65-16)58(48)70-23-21-68-19-20-69-22-24-71-59(47)49/h30-39H,19-29H2,1-18H3. The highest BCUT2D eigenvalue weighted by Gasteiger charge is 2.30. The van der Waals surface area contributed by atoms with Gasteiger partial charge in [-0.3, -0.25) is 0 Å². The zero-order valence-corrected chi connectivity index (χ0v) is 46.9. The van der Waals surface area contributed by atoms with Crippen LogP contribution in [-0.2, 0) is 68.7 Å². The van der Waals surface area contributed by atoms with Crippen molar-refractivity contribution < 1.29 is 33.2 Å². The summed E-state index contributed by atoms with van der Waals surface area (Å²) in [5.41, 5.74) is 16.6. The molecule has 7 nitrogen and oxygen atoms in total. The van der Waals surface area contributed by atoms with Gasteiger partial charge in [0.1, 0.15) is 42.0 Å². The number of ether oxygens (including phenoxy) is 7. The van der Waals surface area contributed by atoms with Crippen molar-refractivity contribution in [1.82, 2.24) is 0 Å². The third-order valence-electron chi connectivity index (χ3n) is 14.4. The van der Waals surface area contributed by atoms with Crippen LogP contribution in [0, 0.1) is 0 Å². The Hall–Kier alpha value is -4.98. The molecule has 0 saturated heterocycles. The minimum atomic E-state index is -0.158. The van der Waals surface area contributed by atoms with E-state index in [9.17, 15) is 0 Å². The second-order valence-corrected chi connectivity index (χ2v) is 25.3. The van der Waals surface area contributed by atoms with Gasteiger partial charge in [-0.05, 0) is 111 Å². The molecule has 12 bridgehead atoms. The molecule has 7 heteroatoms. The van der Waals surface area contributed by atoms with Crippen LogP contribution in [-0.4, -0.2) is 61.0 Å². The average molecular weight is 967 g/mol. The Bertz CT molecular complexity index is 2500. The third kappa shape index (κ3) is 12.4. The number of benzene rings is 5. The van der Waals surface area contributed by atoms with Crippen LogP contribution in [0.15, 0.2) is 60.7 Å². The molecule has 1 heterocycles. The van der Waals surface area contributed by atoms with E-state index in [-0.39, 0.29) is 27.1 Å². The summed E-state index contributed by atoms with van der Waals surface area (Å²) < 4.78 is 46.4. The lowest BCUT2D eigenvalue weighted by molar-refractivity contribution is 0.0270. The van der Waals surface area contributed by atoms with E-state index in [0.29, 0.717) is 71.7 Å². The first-order valence-corrected chi connectivity index (χ1v) is 26.0. The fourth-order valence-corrected chi connectivity index (χ4v) is 10.2. The molecular formula is C64H86O7. The fraction of sp³-hybridized carbons (Fsp3) is 0.531. The Morgan fingerprint density at radius 3 is 0.662 bits per heavy atom. The summed E-state index contributed by atoms with van der Waals surface area (Å²) in [6, 6.07) is 23.7.